The predicted octanol–water partition coefficient (Wildman–Crippen LogP) is 6.03. The number of piperidine rings is 1. The van der Waals surface area contributed by atoms with E-state index >= 15 is 0 Å². The Morgan fingerprint density at radius 1 is 0.953 bits per heavy atom. The summed E-state index contributed by atoms with van der Waals surface area (Å²) < 4.78 is 30.0. The molecule has 0 amide bonds. The summed E-state index contributed by atoms with van der Waals surface area (Å²) in [6.07, 6.45) is 4.32. The number of fused-ring (bicyclic) bond motifs is 1. The number of aromatic nitrogens is 3. The van der Waals surface area contributed by atoms with E-state index in [4.69, 9.17) is 17.3 Å². The number of pyridine rings is 1. The summed E-state index contributed by atoms with van der Waals surface area (Å²) in [5.74, 6) is 0.465. The van der Waals surface area contributed by atoms with E-state index in [0.29, 0.717) is 57.2 Å². The maximum Gasteiger partial charge on any atom is 0.264 e. The molecule has 43 heavy (non-hydrogen) atoms. The highest BCUT2D eigenvalue weighted by Gasteiger charge is 2.27. The van der Waals surface area contributed by atoms with E-state index in [9.17, 15) is 13.2 Å². The topological polar surface area (TPSA) is 123 Å². The van der Waals surface area contributed by atoms with Crippen LogP contribution in [0, 0.1) is 0 Å². The lowest BCUT2D eigenvalue weighted by molar-refractivity contribution is 0.346. The van der Waals surface area contributed by atoms with Crippen molar-refractivity contribution in [1.82, 2.24) is 18.8 Å². The van der Waals surface area contributed by atoms with Gasteiger partial charge in [-0.1, -0.05) is 60.5 Å². The van der Waals surface area contributed by atoms with Crippen LogP contribution < -0.4 is 16.6 Å². The van der Waals surface area contributed by atoms with E-state index in [0.717, 1.165) is 19.3 Å². The third-order valence-electron chi connectivity index (χ3n) is 7.74. The zero-order chi connectivity index (χ0) is 30.1. The van der Waals surface area contributed by atoms with Gasteiger partial charge >= 0.3 is 0 Å². The summed E-state index contributed by atoms with van der Waals surface area (Å²) in [5, 5.41) is 4.95. The molecule has 1 unspecified atom stereocenters. The molecule has 5 aromatic rings. The molecule has 6 rings (SSSR count). The molecule has 220 valence electrons. The number of anilines is 2. The Bertz CT molecular complexity index is 1980. The fourth-order valence-electron chi connectivity index (χ4n) is 5.58. The molecule has 1 aliphatic heterocycles. The van der Waals surface area contributed by atoms with Gasteiger partial charge in [0.05, 0.1) is 21.3 Å². The molecule has 9 nitrogen and oxygen atoms in total. The van der Waals surface area contributed by atoms with Gasteiger partial charge in [-0.05, 0) is 67.1 Å². The number of nitrogens with one attached hydrogen (secondary N) is 1. The molecule has 11 heteroatoms. The number of rotatable bonds is 7. The molecule has 1 saturated heterocycles. The van der Waals surface area contributed by atoms with Gasteiger partial charge in [0.1, 0.15) is 5.82 Å². The lowest BCUT2D eigenvalue weighted by Crippen LogP contribution is -2.35. The molecule has 0 spiro atoms. The second-order valence-corrected chi connectivity index (χ2v) is 12.9. The first kappa shape index (κ1) is 28.9. The van der Waals surface area contributed by atoms with Gasteiger partial charge in [0.15, 0.2) is 0 Å². The fraction of sp³-hybridized carbons (Fsp3) is 0.219. The van der Waals surface area contributed by atoms with Crippen molar-refractivity contribution in [3.8, 4) is 16.8 Å². The van der Waals surface area contributed by atoms with Crippen LogP contribution in [-0.2, 0) is 10.0 Å². The Morgan fingerprint density at radius 3 is 2.47 bits per heavy atom. The van der Waals surface area contributed by atoms with Gasteiger partial charge in [-0.15, -0.1) is 0 Å². The number of nitrogens with two attached hydrogens (primary N) is 1. The number of hydrogen-bond donors (Lipinski definition) is 2. The molecule has 3 aromatic carbocycles. The number of nitrogen functional groups attached to an aromatic ring is 1. The van der Waals surface area contributed by atoms with Crippen molar-refractivity contribution >= 4 is 44.2 Å². The van der Waals surface area contributed by atoms with Crippen LogP contribution >= 0.6 is 11.6 Å². The van der Waals surface area contributed by atoms with Gasteiger partial charge < -0.3 is 11.1 Å². The monoisotopic (exact) mass is 614 g/mol. The normalized spacial score (nSPS) is 14.9. The van der Waals surface area contributed by atoms with Crippen molar-refractivity contribution in [2.75, 3.05) is 24.1 Å². The van der Waals surface area contributed by atoms with E-state index in [1.54, 1.807) is 39.3 Å². The first-order chi connectivity index (χ1) is 20.7. The lowest BCUT2D eigenvalue weighted by Gasteiger charge is -2.26. The van der Waals surface area contributed by atoms with Gasteiger partial charge in [-0.25, -0.2) is 13.4 Å². The molecule has 3 N–H and O–H groups in total. The van der Waals surface area contributed by atoms with Gasteiger partial charge in [0, 0.05) is 36.2 Å². The van der Waals surface area contributed by atoms with Crippen LogP contribution in [-0.4, -0.2) is 40.3 Å². The summed E-state index contributed by atoms with van der Waals surface area (Å²) >= 11 is 6.48. The standard InChI is InChI=1S/C32H31ClN6O3S/c1-21(28-19-23-11-9-15-27(33)29(23)31(40)39(28)24-12-4-2-5-13-24)36-30-26(20-35-32(34)37-30)22-10-8-14-25(18-22)43(41,42)38-16-6-3-7-17-38/h2,4-5,8-15,18-21H,3,6-7,16-17H2,1H3,(H3,34,35,36,37). The summed E-state index contributed by atoms with van der Waals surface area (Å²) in [4.78, 5) is 22.8. The van der Waals surface area contributed by atoms with Gasteiger partial charge in [-0.3, -0.25) is 9.36 Å². The molecule has 0 radical (unpaired) electrons. The van der Waals surface area contributed by atoms with Crippen molar-refractivity contribution < 1.29 is 8.42 Å². The van der Waals surface area contributed by atoms with E-state index in [2.05, 4.69) is 15.3 Å². The van der Waals surface area contributed by atoms with Crippen molar-refractivity contribution in [1.29, 1.82) is 0 Å². The Hall–Kier alpha value is -4.25. The summed E-state index contributed by atoms with van der Waals surface area (Å²) in [7, 11) is -3.65. The Kier molecular flexibility index (Phi) is 7.91. The molecule has 0 saturated carbocycles. The average Bonchev–Trinajstić information content (AvgIpc) is 3.02. The first-order valence-corrected chi connectivity index (χ1v) is 15.9. The summed E-state index contributed by atoms with van der Waals surface area (Å²) in [6.45, 7) is 2.95. The minimum absolute atomic E-state index is 0.0567. The number of benzene rings is 3. The van der Waals surface area contributed by atoms with Crippen LogP contribution in [0.2, 0.25) is 5.02 Å². The molecule has 1 atom stereocenters. The van der Waals surface area contributed by atoms with Gasteiger partial charge in [-0.2, -0.15) is 9.29 Å². The van der Waals surface area contributed by atoms with E-state index in [1.807, 2.05) is 61.5 Å². The molecular formula is C32H31ClN6O3S. The largest absolute Gasteiger partial charge is 0.368 e. The minimum Gasteiger partial charge on any atom is -0.368 e. The van der Waals surface area contributed by atoms with Crippen LogP contribution in [0.3, 0.4) is 0 Å². The van der Waals surface area contributed by atoms with E-state index in [-0.39, 0.29) is 16.4 Å². The predicted molar refractivity (Wildman–Crippen MR) is 171 cm³/mol. The van der Waals surface area contributed by atoms with Crippen molar-refractivity contribution in [3.63, 3.8) is 0 Å². The van der Waals surface area contributed by atoms with Crippen molar-refractivity contribution in [3.05, 3.63) is 106 Å². The number of hydrogen-bond acceptors (Lipinski definition) is 7. The fourth-order valence-corrected chi connectivity index (χ4v) is 7.40. The SMILES string of the molecule is CC(Nc1nc(N)ncc1-c1cccc(S(=O)(=O)N2CCCCC2)c1)c1cc2cccc(Cl)c2c(=O)n1-c1ccccc1. The minimum atomic E-state index is -3.65. The first-order valence-electron chi connectivity index (χ1n) is 14.1. The number of halogens is 1. The van der Waals surface area contributed by atoms with Gasteiger partial charge in [0.2, 0.25) is 16.0 Å². The zero-order valence-corrected chi connectivity index (χ0v) is 25.1. The maximum atomic E-state index is 13.9. The zero-order valence-electron chi connectivity index (χ0n) is 23.6. The third kappa shape index (κ3) is 5.61. The molecule has 3 heterocycles. The van der Waals surface area contributed by atoms with Crippen molar-refractivity contribution in [2.45, 2.75) is 37.1 Å². The highest BCUT2D eigenvalue weighted by atomic mass is 35.5. The Labute approximate surface area is 255 Å². The van der Waals surface area contributed by atoms with Crippen LogP contribution in [0.4, 0.5) is 11.8 Å². The maximum absolute atomic E-state index is 13.9. The van der Waals surface area contributed by atoms with Gasteiger partial charge in [0.25, 0.3) is 5.56 Å². The van der Waals surface area contributed by atoms with Crippen molar-refractivity contribution in [2.24, 2.45) is 0 Å². The summed E-state index contributed by atoms with van der Waals surface area (Å²) in [6, 6.07) is 23.0. The number of nitrogens with zero attached hydrogens (tertiary/aromatic N) is 4. The van der Waals surface area contributed by atoms with Crippen LogP contribution in [0.1, 0.15) is 37.9 Å². The Morgan fingerprint density at radius 2 is 1.70 bits per heavy atom. The highest BCUT2D eigenvalue weighted by Crippen LogP contribution is 2.33. The molecule has 1 fully saturated rings. The summed E-state index contributed by atoms with van der Waals surface area (Å²) in [5.41, 5.74) is 8.35. The molecular weight excluding hydrogens is 584 g/mol. The van der Waals surface area contributed by atoms with Crippen LogP contribution in [0.15, 0.2) is 94.7 Å². The number of sulfonamides is 1. The molecule has 0 aliphatic carbocycles. The highest BCUT2D eigenvalue weighted by molar-refractivity contribution is 7.89. The lowest BCUT2D eigenvalue weighted by atomic mass is 10.1. The Balaban J connectivity index is 1.43. The number of para-hydroxylation sites is 1. The third-order valence-corrected chi connectivity index (χ3v) is 9.95. The molecule has 1 aliphatic rings. The molecule has 0 bridgehead atoms. The average molecular weight is 615 g/mol. The quantitative estimate of drug-likeness (QED) is 0.229. The van der Waals surface area contributed by atoms with Crippen LogP contribution in [0.25, 0.3) is 27.6 Å². The van der Waals surface area contributed by atoms with Crippen LogP contribution in [0.5, 0.6) is 0 Å². The van der Waals surface area contributed by atoms with E-state index in [1.165, 1.54) is 0 Å². The second kappa shape index (κ2) is 11.8. The smallest absolute Gasteiger partial charge is 0.264 e. The van der Waals surface area contributed by atoms with E-state index < -0.39 is 16.1 Å². The second-order valence-electron chi connectivity index (χ2n) is 10.6. The molecule has 2 aromatic heterocycles.